The summed E-state index contributed by atoms with van der Waals surface area (Å²) in [5.74, 6) is 7.01. The molecule has 2 amide bonds. The summed E-state index contributed by atoms with van der Waals surface area (Å²) in [7, 11) is -3.74. The van der Waals surface area contributed by atoms with E-state index in [1.807, 2.05) is 5.32 Å². The maximum Gasteiger partial charge on any atom is 0.267 e. The van der Waals surface area contributed by atoms with Gasteiger partial charge < -0.3 is 5.11 Å². The third kappa shape index (κ3) is 8.71. The van der Waals surface area contributed by atoms with Crippen molar-refractivity contribution in [2.24, 2.45) is 11.7 Å². The summed E-state index contributed by atoms with van der Waals surface area (Å²) in [6.45, 7) is 2.82. The Labute approximate surface area is 98.9 Å². The second kappa shape index (κ2) is 8.08. The number of nitrogens with one attached hydrogen (secondary N) is 1. The van der Waals surface area contributed by atoms with Crippen molar-refractivity contribution < 1.29 is 27.7 Å². The van der Waals surface area contributed by atoms with Gasteiger partial charge in [0, 0.05) is 0 Å². The van der Waals surface area contributed by atoms with Gasteiger partial charge in [-0.3, -0.25) is 31.1 Å². The SMILES string of the molecule is CC(C)S(=O)(=O)O.NN.O=C1CC(O)C(=O)N1. The Hall–Kier alpha value is -1.07. The summed E-state index contributed by atoms with van der Waals surface area (Å²) in [6.07, 6.45) is -1.19. The van der Waals surface area contributed by atoms with Crippen LogP contribution in [0.3, 0.4) is 0 Å². The van der Waals surface area contributed by atoms with Gasteiger partial charge in [-0.1, -0.05) is 0 Å². The van der Waals surface area contributed by atoms with E-state index in [0.29, 0.717) is 0 Å². The molecule has 17 heavy (non-hydrogen) atoms. The van der Waals surface area contributed by atoms with Crippen LogP contribution in [0.2, 0.25) is 0 Å². The molecule has 1 rings (SSSR count). The van der Waals surface area contributed by atoms with Gasteiger partial charge in [0.15, 0.2) is 0 Å². The molecule has 1 unspecified atom stereocenters. The fourth-order valence-electron chi connectivity index (χ4n) is 0.540. The predicted molar refractivity (Wildman–Crippen MR) is 58.8 cm³/mol. The highest BCUT2D eigenvalue weighted by Crippen LogP contribution is 1.98. The molecule has 0 spiro atoms. The Morgan fingerprint density at radius 1 is 1.35 bits per heavy atom. The van der Waals surface area contributed by atoms with Crippen molar-refractivity contribution in [2.75, 3.05) is 0 Å². The van der Waals surface area contributed by atoms with Crippen LogP contribution in [0.5, 0.6) is 0 Å². The van der Waals surface area contributed by atoms with Crippen LogP contribution in [0.25, 0.3) is 0 Å². The molecule has 0 aromatic carbocycles. The van der Waals surface area contributed by atoms with E-state index < -0.39 is 33.3 Å². The number of amides is 2. The molecule has 7 N–H and O–H groups in total. The molecule has 0 radical (unpaired) electrons. The highest BCUT2D eigenvalue weighted by molar-refractivity contribution is 7.86. The van der Waals surface area contributed by atoms with Gasteiger partial charge in [0.25, 0.3) is 16.0 Å². The molecule has 1 fully saturated rings. The lowest BCUT2D eigenvalue weighted by Crippen LogP contribution is -2.24. The molecule has 1 saturated heterocycles. The molecule has 1 aliphatic rings. The van der Waals surface area contributed by atoms with E-state index in [1.54, 1.807) is 0 Å². The van der Waals surface area contributed by atoms with Crippen LogP contribution in [-0.4, -0.2) is 41.2 Å². The molecule has 0 saturated carbocycles. The number of aliphatic hydroxyl groups excluding tert-OH is 1. The zero-order valence-corrected chi connectivity index (χ0v) is 10.3. The zero-order chi connectivity index (χ0) is 14.2. The van der Waals surface area contributed by atoms with E-state index in [1.165, 1.54) is 13.8 Å². The van der Waals surface area contributed by atoms with Gasteiger partial charge in [0.1, 0.15) is 6.10 Å². The van der Waals surface area contributed by atoms with Gasteiger partial charge in [-0.25, -0.2) is 0 Å². The summed E-state index contributed by atoms with van der Waals surface area (Å²) in [5, 5.41) is 9.80. The third-order valence-corrected chi connectivity index (χ3v) is 2.73. The summed E-state index contributed by atoms with van der Waals surface area (Å²) >= 11 is 0. The highest BCUT2D eigenvalue weighted by Gasteiger charge is 2.27. The van der Waals surface area contributed by atoms with Gasteiger partial charge in [-0.05, 0) is 13.8 Å². The fourth-order valence-corrected chi connectivity index (χ4v) is 0.540. The molecule has 9 nitrogen and oxygen atoms in total. The summed E-state index contributed by atoms with van der Waals surface area (Å²) in [4.78, 5) is 20.4. The maximum absolute atomic E-state index is 10.2. The van der Waals surface area contributed by atoms with E-state index in [4.69, 9.17) is 9.66 Å². The molecule has 0 aromatic heterocycles. The van der Waals surface area contributed by atoms with Gasteiger partial charge in [0.2, 0.25) is 5.91 Å². The molecule has 1 heterocycles. The first kappa shape index (κ1) is 18.3. The molecule has 1 atom stereocenters. The molecule has 0 bridgehead atoms. The van der Waals surface area contributed by atoms with E-state index in [0.717, 1.165) is 0 Å². The first-order valence-electron chi connectivity index (χ1n) is 4.46. The van der Waals surface area contributed by atoms with Crippen molar-refractivity contribution >= 4 is 21.9 Å². The van der Waals surface area contributed by atoms with Crippen LogP contribution in [0, 0.1) is 0 Å². The lowest BCUT2D eigenvalue weighted by molar-refractivity contribution is -0.127. The lowest BCUT2D eigenvalue weighted by atomic mass is 10.3. The van der Waals surface area contributed by atoms with Crippen LogP contribution < -0.4 is 17.0 Å². The standard InChI is InChI=1S/C4H5NO3.C3H8O3S.H4N2/c6-2-1-3(7)5-4(2)8;1-3(2)7(4,5)6;1-2/h2,6H,1H2,(H,5,7,8);3H,1-2H3,(H,4,5,6);1-2H2. The van der Waals surface area contributed by atoms with Crippen LogP contribution in [0.15, 0.2) is 0 Å². The average Bonchev–Trinajstić information content (AvgIpc) is 2.46. The Morgan fingerprint density at radius 3 is 1.76 bits per heavy atom. The molecular formula is C7H17N3O6S. The Balaban J connectivity index is 0. The lowest BCUT2D eigenvalue weighted by Gasteiger charge is -1.94. The normalized spacial score (nSPS) is 18.9. The Morgan fingerprint density at radius 2 is 1.71 bits per heavy atom. The minimum atomic E-state index is -3.74. The van der Waals surface area contributed by atoms with Crippen molar-refractivity contribution in [1.29, 1.82) is 0 Å². The number of hydrogen-bond acceptors (Lipinski definition) is 7. The third-order valence-electron chi connectivity index (χ3n) is 1.54. The topological polar surface area (TPSA) is 173 Å². The molecule has 10 heteroatoms. The number of nitrogens with two attached hydrogens (primary N) is 2. The molecule has 1 aliphatic heterocycles. The number of carbonyl (C=O) groups excluding carboxylic acids is 2. The maximum atomic E-state index is 10.2. The van der Waals surface area contributed by atoms with E-state index in [2.05, 4.69) is 11.7 Å². The minimum absolute atomic E-state index is 0.0845. The van der Waals surface area contributed by atoms with E-state index in [9.17, 15) is 18.0 Å². The van der Waals surface area contributed by atoms with Crippen molar-refractivity contribution in [3.8, 4) is 0 Å². The molecule has 0 aliphatic carbocycles. The molecular weight excluding hydrogens is 254 g/mol. The van der Waals surface area contributed by atoms with Crippen LogP contribution >= 0.6 is 0 Å². The van der Waals surface area contributed by atoms with E-state index in [-0.39, 0.29) is 6.42 Å². The van der Waals surface area contributed by atoms with Gasteiger partial charge >= 0.3 is 0 Å². The van der Waals surface area contributed by atoms with Gasteiger partial charge in [0.05, 0.1) is 11.7 Å². The monoisotopic (exact) mass is 271 g/mol. The first-order chi connectivity index (χ1) is 7.64. The van der Waals surface area contributed by atoms with Crippen molar-refractivity contribution in [3.63, 3.8) is 0 Å². The van der Waals surface area contributed by atoms with Crippen molar-refractivity contribution in [2.45, 2.75) is 31.6 Å². The number of aliphatic hydroxyl groups is 1. The Kier molecular flexibility index (Phi) is 8.70. The van der Waals surface area contributed by atoms with Crippen LogP contribution in [-0.2, 0) is 19.7 Å². The number of hydrazine groups is 1. The van der Waals surface area contributed by atoms with Crippen molar-refractivity contribution in [3.05, 3.63) is 0 Å². The van der Waals surface area contributed by atoms with Gasteiger partial charge in [-0.2, -0.15) is 8.42 Å². The van der Waals surface area contributed by atoms with Crippen molar-refractivity contribution in [1.82, 2.24) is 5.32 Å². The number of rotatable bonds is 1. The average molecular weight is 271 g/mol. The highest BCUT2D eigenvalue weighted by atomic mass is 32.2. The predicted octanol–water partition coefficient (Wildman–Crippen LogP) is -2.50. The number of imide groups is 1. The summed E-state index contributed by atoms with van der Waals surface area (Å²) in [5.41, 5.74) is 0. The Bertz CT molecular complexity index is 353. The minimum Gasteiger partial charge on any atom is -0.383 e. The quantitative estimate of drug-likeness (QED) is 0.150. The number of carbonyl (C=O) groups is 2. The number of hydrogen-bond donors (Lipinski definition) is 5. The molecule has 0 aromatic rings. The summed E-state index contributed by atoms with van der Waals surface area (Å²) in [6, 6.07) is 0. The summed E-state index contributed by atoms with van der Waals surface area (Å²) < 4.78 is 27.8. The first-order valence-corrected chi connectivity index (χ1v) is 5.96. The largest absolute Gasteiger partial charge is 0.383 e. The van der Waals surface area contributed by atoms with Crippen LogP contribution in [0.4, 0.5) is 0 Å². The molecule has 102 valence electrons. The van der Waals surface area contributed by atoms with E-state index >= 15 is 0 Å². The van der Waals surface area contributed by atoms with Gasteiger partial charge in [-0.15, -0.1) is 0 Å². The fraction of sp³-hybridized carbons (Fsp3) is 0.714. The van der Waals surface area contributed by atoms with Crippen LogP contribution in [0.1, 0.15) is 20.3 Å². The second-order valence-corrected chi connectivity index (χ2v) is 5.17. The smallest absolute Gasteiger partial charge is 0.267 e. The zero-order valence-electron chi connectivity index (χ0n) is 9.45. The second-order valence-electron chi connectivity index (χ2n) is 3.20.